The number of piperidine rings is 1. The number of fused-ring (bicyclic) bond motifs is 1. The van der Waals surface area contributed by atoms with Gasteiger partial charge in [-0.05, 0) is 56.5 Å². The van der Waals surface area contributed by atoms with E-state index in [0.717, 1.165) is 23.3 Å². The molecule has 0 saturated carbocycles. The minimum Gasteiger partial charge on any atom is -0.486 e. The average molecular weight is 385 g/mol. The molecule has 2 heterocycles. The molecule has 27 heavy (non-hydrogen) atoms. The Balaban J connectivity index is 1.65. The molecule has 2 aromatic carbocycles. The lowest BCUT2D eigenvalue weighted by molar-refractivity contribution is 0.303. The second kappa shape index (κ2) is 7.73. The zero-order valence-corrected chi connectivity index (χ0v) is 16.0. The first-order valence-electron chi connectivity index (χ1n) is 9.35. The third-order valence-corrected chi connectivity index (χ3v) is 5.55. The van der Waals surface area contributed by atoms with Gasteiger partial charge in [-0.3, -0.25) is 0 Å². The molecule has 0 radical (unpaired) electrons. The van der Waals surface area contributed by atoms with Crippen LogP contribution in [-0.4, -0.2) is 17.6 Å². The molecule has 0 spiro atoms. The molecule has 1 fully saturated rings. The molecular formula is C22H22ClFN2O. The lowest BCUT2D eigenvalue weighted by atomic mass is 10.0. The van der Waals surface area contributed by atoms with E-state index in [-0.39, 0.29) is 12.4 Å². The van der Waals surface area contributed by atoms with Gasteiger partial charge in [-0.1, -0.05) is 29.8 Å². The lowest BCUT2D eigenvalue weighted by Gasteiger charge is -2.34. The Labute approximate surface area is 163 Å². The Morgan fingerprint density at radius 3 is 2.81 bits per heavy atom. The van der Waals surface area contributed by atoms with Gasteiger partial charge in [-0.25, -0.2) is 9.37 Å². The van der Waals surface area contributed by atoms with Crippen molar-refractivity contribution in [2.24, 2.45) is 0 Å². The number of rotatable bonds is 4. The van der Waals surface area contributed by atoms with Crippen molar-refractivity contribution in [3.8, 4) is 5.75 Å². The Morgan fingerprint density at radius 2 is 2.00 bits per heavy atom. The Kier molecular flexibility index (Phi) is 5.17. The third kappa shape index (κ3) is 3.72. The number of hydrogen-bond acceptors (Lipinski definition) is 3. The van der Waals surface area contributed by atoms with Crippen LogP contribution in [0.5, 0.6) is 5.75 Å². The molecule has 3 nitrogen and oxygen atoms in total. The molecule has 0 aliphatic carbocycles. The van der Waals surface area contributed by atoms with Gasteiger partial charge in [-0.15, -0.1) is 0 Å². The van der Waals surface area contributed by atoms with Crippen molar-refractivity contribution in [2.45, 2.75) is 38.8 Å². The first-order chi connectivity index (χ1) is 13.1. The zero-order chi connectivity index (χ0) is 18.8. The molecule has 0 amide bonds. The standard InChI is InChI=1S/C22H22ClFN2O/c1-15-6-2-3-13-26(15)21-12-11-16-7-4-10-20(22(16)25-21)27-14-17-18(23)8-5-9-19(17)24/h4-5,7-12,15H,2-3,6,13-14H2,1H3. The maximum Gasteiger partial charge on any atom is 0.146 e. The molecule has 140 valence electrons. The van der Waals surface area contributed by atoms with Gasteiger partial charge < -0.3 is 9.64 Å². The number of nitrogens with zero attached hydrogens (tertiary/aromatic N) is 2. The van der Waals surface area contributed by atoms with Crippen LogP contribution in [0.15, 0.2) is 48.5 Å². The summed E-state index contributed by atoms with van der Waals surface area (Å²) in [5.41, 5.74) is 1.15. The second-order valence-corrected chi connectivity index (χ2v) is 7.43. The van der Waals surface area contributed by atoms with E-state index in [1.54, 1.807) is 12.1 Å². The van der Waals surface area contributed by atoms with E-state index in [1.807, 2.05) is 18.2 Å². The smallest absolute Gasteiger partial charge is 0.146 e. The summed E-state index contributed by atoms with van der Waals surface area (Å²) < 4.78 is 20.0. The number of ether oxygens (including phenoxy) is 1. The maximum atomic E-state index is 14.0. The molecule has 0 N–H and O–H groups in total. The molecule has 3 aromatic rings. The Morgan fingerprint density at radius 1 is 1.15 bits per heavy atom. The van der Waals surface area contributed by atoms with E-state index in [4.69, 9.17) is 21.3 Å². The molecule has 1 aromatic heterocycles. The minimum absolute atomic E-state index is 0.0661. The van der Waals surface area contributed by atoms with E-state index >= 15 is 0 Å². The van der Waals surface area contributed by atoms with Gasteiger partial charge >= 0.3 is 0 Å². The summed E-state index contributed by atoms with van der Waals surface area (Å²) in [6.45, 7) is 3.33. The molecular weight excluding hydrogens is 363 g/mol. The SMILES string of the molecule is CC1CCCCN1c1ccc2cccc(OCc3c(F)cccc3Cl)c2n1. The highest BCUT2D eigenvalue weighted by Gasteiger charge is 2.20. The summed E-state index contributed by atoms with van der Waals surface area (Å²) in [5.74, 6) is 1.24. The summed E-state index contributed by atoms with van der Waals surface area (Å²) in [6.07, 6.45) is 3.64. The van der Waals surface area contributed by atoms with Crippen LogP contribution >= 0.6 is 11.6 Å². The van der Waals surface area contributed by atoms with Crippen LogP contribution in [0.1, 0.15) is 31.7 Å². The van der Waals surface area contributed by atoms with Crippen molar-refractivity contribution < 1.29 is 9.13 Å². The summed E-state index contributed by atoms with van der Waals surface area (Å²) in [5, 5.41) is 1.37. The van der Waals surface area contributed by atoms with E-state index in [0.29, 0.717) is 22.4 Å². The van der Waals surface area contributed by atoms with Crippen LogP contribution in [-0.2, 0) is 6.61 Å². The Hall–Kier alpha value is -2.33. The van der Waals surface area contributed by atoms with Gasteiger partial charge in [0.1, 0.15) is 29.5 Å². The number of hydrogen-bond donors (Lipinski definition) is 0. The van der Waals surface area contributed by atoms with Crippen LogP contribution in [0.2, 0.25) is 5.02 Å². The van der Waals surface area contributed by atoms with Crippen molar-refractivity contribution in [3.63, 3.8) is 0 Å². The summed E-state index contributed by atoms with van der Waals surface area (Å²) in [6, 6.07) is 15.1. The largest absolute Gasteiger partial charge is 0.486 e. The molecule has 0 bridgehead atoms. The van der Waals surface area contributed by atoms with Gasteiger partial charge in [-0.2, -0.15) is 0 Å². The lowest BCUT2D eigenvalue weighted by Crippen LogP contribution is -2.37. The normalized spacial score (nSPS) is 17.3. The fourth-order valence-corrected chi connectivity index (χ4v) is 3.86. The van der Waals surface area contributed by atoms with Gasteiger partial charge in [0.25, 0.3) is 0 Å². The number of halogens is 2. The molecule has 1 aliphatic heterocycles. The zero-order valence-electron chi connectivity index (χ0n) is 15.3. The quantitative estimate of drug-likeness (QED) is 0.552. The topological polar surface area (TPSA) is 25.4 Å². The summed E-state index contributed by atoms with van der Waals surface area (Å²) in [4.78, 5) is 7.24. The molecule has 1 saturated heterocycles. The highest BCUT2D eigenvalue weighted by atomic mass is 35.5. The van der Waals surface area contributed by atoms with Gasteiger partial charge in [0.05, 0.1) is 5.02 Å². The number of benzene rings is 2. The number of para-hydroxylation sites is 1. The summed E-state index contributed by atoms with van der Waals surface area (Å²) in [7, 11) is 0. The fraction of sp³-hybridized carbons (Fsp3) is 0.318. The van der Waals surface area contributed by atoms with Crippen LogP contribution in [0.3, 0.4) is 0 Å². The van der Waals surface area contributed by atoms with Crippen LogP contribution in [0.25, 0.3) is 10.9 Å². The predicted molar refractivity (Wildman–Crippen MR) is 108 cm³/mol. The van der Waals surface area contributed by atoms with Crippen molar-refractivity contribution in [1.29, 1.82) is 0 Å². The number of anilines is 1. The molecule has 1 aliphatic rings. The number of aromatic nitrogens is 1. The third-order valence-electron chi connectivity index (χ3n) is 5.20. The monoisotopic (exact) mass is 384 g/mol. The minimum atomic E-state index is -0.362. The van der Waals surface area contributed by atoms with Gasteiger partial charge in [0.2, 0.25) is 0 Å². The number of pyridine rings is 1. The molecule has 1 atom stereocenters. The maximum absolute atomic E-state index is 14.0. The van der Waals surface area contributed by atoms with Crippen LogP contribution in [0.4, 0.5) is 10.2 Å². The van der Waals surface area contributed by atoms with E-state index in [9.17, 15) is 4.39 Å². The van der Waals surface area contributed by atoms with Crippen LogP contribution < -0.4 is 9.64 Å². The van der Waals surface area contributed by atoms with Gasteiger partial charge in [0.15, 0.2) is 0 Å². The van der Waals surface area contributed by atoms with E-state index in [1.165, 1.54) is 25.3 Å². The van der Waals surface area contributed by atoms with Crippen molar-refractivity contribution >= 4 is 28.3 Å². The highest BCUT2D eigenvalue weighted by molar-refractivity contribution is 6.31. The first kappa shape index (κ1) is 18.1. The van der Waals surface area contributed by atoms with Crippen molar-refractivity contribution in [3.05, 3.63) is 64.9 Å². The molecule has 5 heteroatoms. The van der Waals surface area contributed by atoms with E-state index < -0.39 is 0 Å². The Bertz CT molecular complexity index is 942. The van der Waals surface area contributed by atoms with Crippen LogP contribution in [0, 0.1) is 5.82 Å². The van der Waals surface area contributed by atoms with Gasteiger partial charge in [0, 0.05) is 23.5 Å². The second-order valence-electron chi connectivity index (χ2n) is 7.02. The fourth-order valence-electron chi connectivity index (χ4n) is 3.64. The predicted octanol–water partition coefficient (Wildman–Crippen LogP) is 5.99. The van der Waals surface area contributed by atoms with Crippen molar-refractivity contribution in [1.82, 2.24) is 4.98 Å². The highest BCUT2D eigenvalue weighted by Crippen LogP contribution is 2.30. The average Bonchev–Trinajstić information content (AvgIpc) is 2.68. The van der Waals surface area contributed by atoms with E-state index in [2.05, 4.69) is 24.0 Å². The van der Waals surface area contributed by atoms with Crippen molar-refractivity contribution in [2.75, 3.05) is 11.4 Å². The molecule has 1 unspecified atom stereocenters. The molecule has 4 rings (SSSR count). The summed E-state index contributed by atoms with van der Waals surface area (Å²) >= 11 is 6.11. The first-order valence-corrected chi connectivity index (χ1v) is 9.73.